The fraction of sp³-hybridized carbons (Fsp3) is 0.636. The highest BCUT2D eigenvalue weighted by atomic mass is 16.4. The number of hydrogen-bond donors (Lipinski definition) is 2. The van der Waals surface area contributed by atoms with E-state index in [-0.39, 0.29) is 11.8 Å². The Labute approximate surface area is 98.9 Å². The van der Waals surface area contributed by atoms with Crippen LogP contribution in [0, 0.1) is 5.92 Å². The van der Waals surface area contributed by atoms with Gasteiger partial charge in [0.15, 0.2) is 5.69 Å². The van der Waals surface area contributed by atoms with Gasteiger partial charge in [0, 0.05) is 13.1 Å². The summed E-state index contributed by atoms with van der Waals surface area (Å²) in [6, 6.07) is 0.353. The maximum absolute atomic E-state index is 10.7. The number of carboxylic acids is 1. The second-order valence-electron chi connectivity index (χ2n) is 4.39. The van der Waals surface area contributed by atoms with E-state index in [1.54, 1.807) is 6.92 Å². The van der Waals surface area contributed by atoms with E-state index in [0.29, 0.717) is 11.9 Å². The number of aromatic carboxylic acids is 1. The van der Waals surface area contributed by atoms with Gasteiger partial charge in [-0.25, -0.2) is 4.79 Å². The van der Waals surface area contributed by atoms with Crippen molar-refractivity contribution in [1.29, 1.82) is 0 Å². The molecule has 1 aliphatic heterocycles. The van der Waals surface area contributed by atoms with Crippen molar-refractivity contribution in [3.63, 3.8) is 0 Å². The molecule has 2 rings (SSSR count). The van der Waals surface area contributed by atoms with E-state index in [4.69, 9.17) is 9.52 Å². The topological polar surface area (TPSA) is 86.8 Å². The molecule has 1 fully saturated rings. The molecule has 0 amide bonds. The van der Waals surface area contributed by atoms with Crippen molar-refractivity contribution in [1.82, 2.24) is 4.98 Å². The lowest BCUT2D eigenvalue weighted by Gasteiger charge is -2.32. The van der Waals surface area contributed by atoms with Crippen LogP contribution < -0.4 is 4.90 Å². The summed E-state index contributed by atoms with van der Waals surface area (Å²) in [6.07, 6.45) is 2.58. The molecule has 1 unspecified atom stereocenters. The largest absolute Gasteiger partial charge is 0.476 e. The first-order chi connectivity index (χ1) is 8.08. The molecule has 6 nitrogen and oxygen atoms in total. The number of aliphatic hydroxyl groups excluding tert-OH is 1. The number of hydrogen-bond acceptors (Lipinski definition) is 5. The van der Waals surface area contributed by atoms with Crippen molar-refractivity contribution >= 4 is 12.0 Å². The summed E-state index contributed by atoms with van der Waals surface area (Å²) < 4.78 is 5.13. The standard InChI is InChI=1S/C11H16N2O4/c1-7(14)8-2-4-13(5-3-8)11-12-9(6-17-11)10(15)16/h6-8,14H,2-5H2,1H3,(H,15,16). The first-order valence-electron chi connectivity index (χ1n) is 5.69. The van der Waals surface area contributed by atoms with Gasteiger partial charge in [-0.2, -0.15) is 4.98 Å². The Balaban J connectivity index is 1.98. The van der Waals surface area contributed by atoms with Crippen molar-refractivity contribution in [2.24, 2.45) is 5.92 Å². The maximum Gasteiger partial charge on any atom is 0.357 e. The molecule has 0 radical (unpaired) electrons. The summed E-state index contributed by atoms with van der Waals surface area (Å²) in [5.74, 6) is -0.779. The van der Waals surface area contributed by atoms with Crippen LogP contribution in [0.5, 0.6) is 0 Å². The van der Waals surface area contributed by atoms with E-state index < -0.39 is 5.97 Å². The first kappa shape index (κ1) is 11.9. The van der Waals surface area contributed by atoms with Crippen LogP contribution in [-0.4, -0.2) is 40.4 Å². The summed E-state index contributed by atoms with van der Waals surface area (Å²) in [6.45, 7) is 3.26. The number of aromatic nitrogens is 1. The second kappa shape index (κ2) is 4.75. The van der Waals surface area contributed by atoms with Crippen molar-refractivity contribution in [2.75, 3.05) is 18.0 Å². The third-order valence-corrected chi connectivity index (χ3v) is 3.20. The van der Waals surface area contributed by atoms with Crippen molar-refractivity contribution in [3.05, 3.63) is 12.0 Å². The van der Waals surface area contributed by atoms with E-state index >= 15 is 0 Å². The monoisotopic (exact) mass is 240 g/mol. The minimum atomic E-state index is -1.08. The third kappa shape index (κ3) is 2.58. The predicted molar refractivity (Wildman–Crippen MR) is 60.1 cm³/mol. The molecule has 1 aromatic rings. The van der Waals surface area contributed by atoms with Crippen molar-refractivity contribution < 1.29 is 19.4 Å². The molecule has 94 valence electrons. The van der Waals surface area contributed by atoms with Gasteiger partial charge >= 0.3 is 5.97 Å². The lowest BCUT2D eigenvalue weighted by molar-refractivity contribution is 0.0690. The summed E-state index contributed by atoms with van der Waals surface area (Å²) in [4.78, 5) is 16.5. The highest BCUT2D eigenvalue weighted by molar-refractivity contribution is 5.85. The molecule has 1 saturated heterocycles. The highest BCUT2D eigenvalue weighted by Gasteiger charge is 2.25. The molecular formula is C11H16N2O4. The zero-order chi connectivity index (χ0) is 12.4. The fourth-order valence-electron chi connectivity index (χ4n) is 2.08. The number of piperidine rings is 1. The Kier molecular flexibility index (Phi) is 3.33. The van der Waals surface area contributed by atoms with Gasteiger partial charge in [0.1, 0.15) is 6.26 Å². The van der Waals surface area contributed by atoms with Gasteiger partial charge in [-0.15, -0.1) is 0 Å². The Morgan fingerprint density at radius 3 is 2.71 bits per heavy atom. The lowest BCUT2D eigenvalue weighted by Crippen LogP contribution is -2.37. The van der Waals surface area contributed by atoms with Gasteiger partial charge in [-0.3, -0.25) is 0 Å². The molecule has 0 aromatic carbocycles. The molecule has 6 heteroatoms. The number of nitrogens with zero attached hydrogens (tertiary/aromatic N) is 2. The summed E-state index contributed by atoms with van der Waals surface area (Å²) in [5.41, 5.74) is -0.0716. The van der Waals surface area contributed by atoms with Gasteiger partial charge in [0.2, 0.25) is 0 Å². The van der Waals surface area contributed by atoms with Gasteiger partial charge in [-0.1, -0.05) is 0 Å². The average Bonchev–Trinajstić information content (AvgIpc) is 2.78. The number of carbonyl (C=O) groups is 1. The molecule has 17 heavy (non-hydrogen) atoms. The van der Waals surface area contributed by atoms with Crippen LogP contribution in [0.1, 0.15) is 30.3 Å². The first-order valence-corrected chi connectivity index (χ1v) is 5.69. The molecule has 1 aliphatic rings. The molecule has 0 saturated carbocycles. The van der Waals surface area contributed by atoms with E-state index in [0.717, 1.165) is 32.2 Å². The Morgan fingerprint density at radius 1 is 1.59 bits per heavy atom. The van der Waals surface area contributed by atoms with Crippen LogP contribution in [0.25, 0.3) is 0 Å². The van der Waals surface area contributed by atoms with Gasteiger partial charge < -0.3 is 19.5 Å². The zero-order valence-electron chi connectivity index (χ0n) is 9.67. The smallest absolute Gasteiger partial charge is 0.357 e. The molecule has 0 aliphatic carbocycles. The van der Waals surface area contributed by atoms with Gasteiger partial charge in [0.25, 0.3) is 6.01 Å². The number of rotatable bonds is 3. The van der Waals surface area contributed by atoms with E-state index in [9.17, 15) is 9.90 Å². The van der Waals surface area contributed by atoms with Crippen LogP contribution in [0.15, 0.2) is 10.7 Å². The summed E-state index contributed by atoms with van der Waals surface area (Å²) >= 11 is 0. The number of anilines is 1. The number of carboxylic acid groups (broad SMARTS) is 1. The van der Waals surface area contributed by atoms with Gasteiger partial charge in [-0.05, 0) is 25.7 Å². The van der Waals surface area contributed by atoms with Crippen LogP contribution in [0.2, 0.25) is 0 Å². The fourth-order valence-corrected chi connectivity index (χ4v) is 2.08. The van der Waals surface area contributed by atoms with E-state index in [1.807, 2.05) is 4.90 Å². The predicted octanol–water partition coefficient (Wildman–Crippen LogP) is 0.970. The molecule has 1 atom stereocenters. The molecule has 0 spiro atoms. The highest BCUT2D eigenvalue weighted by Crippen LogP contribution is 2.24. The average molecular weight is 240 g/mol. The Bertz CT molecular complexity index is 394. The van der Waals surface area contributed by atoms with Gasteiger partial charge in [0.05, 0.1) is 6.10 Å². The molecular weight excluding hydrogens is 224 g/mol. The number of oxazole rings is 1. The molecule has 1 aromatic heterocycles. The Hall–Kier alpha value is -1.56. The van der Waals surface area contributed by atoms with Crippen molar-refractivity contribution in [2.45, 2.75) is 25.9 Å². The second-order valence-corrected chi connectivity index (χ2v) is 4.39. The maximum atomic E-state index is 10.7. The summed E-state index contributed by atoms with van der Waals surface area (Å²) in [5, 5.41) is 18.2. The zero-order valence-corrected chi connectivity index (χ0v) is 9.67. The minimum absolute atomic E-state index is 0.0716. The molecule has 2 N–H and O–H groups in total. The van der Waals surface area contributed by atoms with Crippen LogP contribution in [-0.2, 0) is 0 Å². The Morgan fingerprint density at radius 2 is 2.24 bits per heavy atom. The third-order valence-electron chi connectivity index (χ3n) is 3.20. The van der Waals surface area contributed by atoms with E-state index in [2.05, 4.69) is 4.98 Å². The quantitative estimate of drug-likeness (QED) is 0.818. The normalized spacial score (nSPS) is 19.3. The van der Waals surface area contributed by atoms with Crippen LogP contribution in [0.4, 0.5) is 6.01 Å². The minimum Gasteiger partial charge on any atom is -0.476 e. The number of aliphatic hydroxyl groups is 1. The van der Waals surface area contributed by atoms with E-state index in [1.165, 1.54) is 0 Å². The van der Waals surface area contributed by atoms with Crippen molar-refractivity contribution in [3.8, 4) is 0 Å². The van der Waals surface area contributed by atoms with Crippen LogP contribution >= 0.6 is 0 Å². The van der Waals surface area contributed by atoms with Crippen LogP contribution in [0.3, 0.4) is 0 Å². The SMILES string of the molecule is CC(O)C1CCN(c2nc(C(=O)O)co2)CC1. The molecule has 0 bridgehead atoms. The lowest BCUT2D eigenvalue weighted by atomic mass is 9.92. The summed E-state index contributed by atoms with van der Waals surface area (Å²) in [7, 11) is 0. The molecule has 2 heterocycles.